The van der Waals surface area contributed by atoms with Gasteiger partial charge in [-0.15, -0.1) is 0 Å². The summed E-state index contributed by atoms with van der Waals surface area (Å²) in [7, 11) is 0. The van der Waals surface area contributed by atoms with E-state index in [9.17, 15) is 0 Å². The van der Waals surface area contributed by atoms with Gasteiger partial charge in [-0.1, -0.05) is 69.2 Å². The second-order valence-electron chi connectivity index (χ2n) is 6.95. The van der Waals surface area contributed by atoms with Crippen LogP contribution in [-0.2, 0) is 0 Å². The minimum atomic E-state index is 0.465. The summed E-state index contributed by atoms with van der Waals surface area (Å²) in [5.74, 6) is 1.61. The summed E-state index contributed by atoms with van der Waals surface area (Å²) in [6.45, 7) is 22.9. The Hall–Kier alpha value is 0. The molecule has 0 amide bonds. The fourth-order valence-electron chi connectivity index (χ4n) is 1.31. The summed E-state index contributed by atoms with van der Waals surface area (Å²) < 4.78 is 0. The van der Waals surface area contributed by atoms with Crippen molar-refractivity contribution in [1.29, 1.82) is 0 Å². The molecule has 0 aromatic rings. The van der Waals surface area contributed by atoms with Gasteiger partial charge in [0, 0.05) is 0 Å². The van der Waals surface area contributed by atoms with Crippen LogP contribution in [-0.4, -0.2) is 0 Å². The van der Waals surface area contributed by atoms with Gasteiger partial charge in [0.2, 0.25) is 0 Å². The van der Waals surface area contributed by atoms with Gasteiger partial charge in [-0.25, -0.2) is 0 Å². The molecule has 0 aliphatic carbocycles. The Balaban J connectivity index is 0. The molecule has 0 aromatic carbocycles. The highest BCUT2D eigenvalue weighted by Crippen LogP contribution is 2.37. The van der Waals surface area contributed by atoms with E-state index in [1.54, 1.807) is 0 Å². The maximum atomic E-state index is 2.40. The zero-order valence-corrected chi connectivity index (χ0v) is 13.6. The van der Waals surface area contributed by atoms with Crippen molar-refractivity contribution in [3.8, 4) is 0 Å². The fraction of sp³-hybridized carbons (Fsp3) is 1.00. The number of rotatable bonds is 4. The second-order valence-corrected chi connectivity index (χ2v) is 6.95. The van der Waals surface area contributed by atoms with E-state index in [1.165, 1.54) is 12.8 Å². The molecule has 0 nitrogen and oxygen atoms in total. The highest BCUT2D eigenvalue weighted by atomic mass is 14.3. The Bertz CT molecular complexity index is 157. The first-order chi connectivity index (χ1) is 7.07. The van der Waals surface area contributed by atoms with E-state index in [1.807, 2.05) is 13.8 Å². The molecule has 0 aliphatic rings. The summed E-state index contributed by atoms with van der Waals surface area (Å²) >= 11 is 0. The van der Waals surface area contributed by atoms with Crippen molar-refractivity contribution in [1.82, 2.24) is 0 Å². The van der Waals surface area contributed by atoms with E-state index >= 15 is 0 Å². The molecule has 0 N–H and O–H groups in total. The summed E-state index contributed by atoms with van der Waals surface area (Å²) in [6, 6.07) is 0. The van der Waals surface area contributed by atoms with Crippen molar-refractivity contribution in [2.24, 2.45) is 22.7 Å². The Morgan fingerprint density at radius 3 is 1.44 bits per heavy atom. The Morgan fingerprint density at radius 1 is 0.812 bits per heavy atom. The molecule has 1 unspecified atom stereocenters. The Labute approximate surface area is 105 Å². The third-order valence-corrected chi connectivity index (χ3v) is 4.26. The van der Waals surface area contributed by atoms with Crippen LogP contribution in [0.25, 0.3) is 0 Å². The molecule has 16 heavy (non-hydrogen) atoms. The Kier molecular flexibility index (Phi) is 8.44. The minimum absolute atomic E-state index is 0.465. The zero-order chi connectivity index (χ0) is 13.6. The lowest BCUT2D eigenvalue weighted by atomic mass is 9.72. The quantitative estimate of drug-likeness (QED) is 0.541. The van der Waals surface area contributed by atoms with E-state index in [0.29, 0.717) is 10.8 Å². The highest BCUT2D eigenvalue weighted by molar-refractivity contribution is 4.77. The first kappa shape index (κ1) is 18.4. The summed E-state index contributed by atoms with van der Waals surface area (Å²) in [4.78, 5) is 0. The van der Waals surface area contributed by atoms with Crippen LogP contribution in [0.4, 0.5) is 0 Å². The molecule has 0 heterocycles. The molecular weight excluding hydrogens is 192 g/mol. The van der Waals surface area contributed by atoms with Crippen molar-refractivity contribution >= 4 is 0 Å². The molecule has 0 aliphatic heterocycles. The lowest BCUT2D eigenvalue weighted by Gasteiger charge is -2.34. The molecular formula is C16H36. The molecule has 0 heteroatoms. The van der Waals surface area contributed by atoms with Gasteiger partial charge in [-0.05, 0) is 35.5 Å². The molecule has 0 fully saturated rings. The summed E-state index contributed by atoms with van der Waals surface area (Å²) in [5.41, 5.74) is 0.965. The van der Waals surface area contributed by atoms with Crippen molar-refractivity contribution in [2.45, 2.75) is 82.1 Å². The van der Waals surface area contributed by atoms with Gasteiger partial charge >= 0.3 is 0 Å². The van der Waals surface area contributed by atoms with Gasteiger partial charge in [0.1, 0.15) is 0 Å². The smallest absolute Gasteiger partial charge is 0.0331 e. The van der Waals surface area contributed by atoms with Crippen LogP contribution in [0.2, 0.25) is 0 Å². The fourth-order valence-corrected chi connectivity index (χ4v) is 1.31. The minimum Gasteiger partial charge on any atom is -0.0683 e. The molecule has 1 atom stereocenters. The maximum absolute atomic E-state index is 2.40. The average Bonchev–Trinajstić information content (AvgIpc) is 2.15. The van der Waals surface area contributed by atoms with Crippen molar-refractivity contribution in [2.75, 3.05) is 0 Å². The van der Waals surface area contributed by atoms with Crippen LogP contribution in [0.5, 0.6) is 0 Å². The summed E-state index contributed by atoms with van der Waals surface area (Å²) in [5, 5.41) is 0. The van der Waals surface area contributed by atoms with Crippen LogP contribution in [0.15, 0.2) is 0 Å². The molecule has 0 aromatic heterocycles. The van der Waals surface area contributed by atoms with Gasteiger partial charge < -0.3 is 0 Å². The monoisotopic (exact) mass is 228 g/mol. The first-order valence-electron chi connectivity index (χ1n) is 7.07. The van der Waals surface area contributed by atoms with Crippen LogP contribution in [0, 0.1) is 22.7 Å². The normalized spacial score (nSPS) is 14.4. The molecule has 100 valence electrons. The number of hydrogen-bond donors (Lipinski definition) is 0. The summed E-state index contributed by atoms with van der Waals surface area (Å²) in [6.07, 6.45) is 2.71. The molecule has 0 saturated carbocycles. The van der Waals surface area contributed by atoms with E-state index in [2.05, 4.69) is 55.4 Å². The lowest BCUT2D eigenvalue weighted by Crippen LogP contribution is -2.23. The van der Waals surface area contributed by atoms with E-state index in [-0.39, 0.29) is 0 Å². The van der Waals surface area contributed by atoms with Crippen LogP contribution in [0.3, 0.4) is 0 Å². The van der Waals surface area contributed by atoms with Crippen LogP contribution in [0.1, 0.15) is 82.1 Å². The number of hydrogen-bond acceptors (Lipinski definition) is 0. The highest BCUT2D eigenvalue weighted by Gasteiger charge is 2.26. The van der Waals surface area contributed by atoms with Gasteiger partial charge in [-0.3, -0.25) is 0 Å². The van der Waals surface area contributed by atoms with Crippen LogP contribution < -0.4 is 0 Å². The van der Waals surface area contributed by atoms with Crippen molar-refractivity contribution in [3.63, 3.8) is 0 Å². The zero-order valence-electron chi connectivity index (χ0n) is 13.6. The van der Waals surface area contributed by atoms with Gasteiger partial charge in [0.25, 0.3) is 0 Å². The molecule has 0 bridgehead atoms. The van der Waals surface area contributed by atoms with Gasteiger partial charge in [0.05, 0.1) is 0 Å². The second kappa shape index (κ2) is 7.35. The molecule has 0 rings (SSSR count). The van der Waals surface area contributed by atoms with Gasteiger partial charge in [-0.2, -0.15) is 0 Å². The third-order valence-electron chi connectivity index (χ3n) is 4.26. The topological polar surface area (TPSA) is 0 Å². The maximum Gasteiger partial charge on any atom is -0.0331 e. The average molecular weight is 228 g/mol. The van der Waals surface area contributed by atoms with E-state index in [0.717, 1.165) is 11.8 Å². The molecule has 0 spiro atoms. The van der Waals surface area contributed by atoms with Crippen LogP contribution >= 0.6 is 0 Å². The first-order valence-corrected chi connectivity index (χ1v) is 7.07. The predicted molar refractivity (Wildman–Crippen MR) is 77.8 cm³/mol. The van der Waals surface area contributed by atoms with E-state index < -0.39 is 0 Å². The standard InChI is InChI=1S/C14H30.C2H6/c1-11(2)14(7,8)10-9-12(3)13(4,5)6;1-2/h11-12H,9-10H2,1-8H3;1-2H3. The predicted octanol–water partition coefficient (Wildman–Crippen LogP) is 6.16. The van der Waals surface area contributed by atoms with Crippen molar-refractivity contribution in [3.05, 3.63) is 0 Å². The molecule has 0 saturated heterocycles. The SMILES string of the molecule is CC.CC(CCC(C)(C)C(C)C)C(C)(C)C. The van der Waals surface area contributed by atoms with Crippen molar-refractivity contribution < 1.29 is 0 Å². The lowest BCUT2D eigenvalue weighted by molar-refractivity contribution is 0.170. The molecule has 0 radical (unpaired) electrons. The van der Waals surface area contributed by atoms with E-state index in [4.69, 9.17) is 0 Å². The largest absolute Gasteiger partial charge is 0.0683 e. The Morgan fingerprint density at radius 2 is 1.19 bits per heavy atom. The van der Waals surface area contributed by atoms with Gasteiger partial charge in [0.15, 0.2) is 0 Å². The third kappa shape index (κ3) is 7.30.